The van der Waals surface area contributed by atoms with Crippen molar-refractivity contribution in [3.8, 4) is 5.75 Å². The zero-order chi connectivity index (χ0) is 17.4. The number of rotatable bonds is 8. The number of nitrogens with zero attached hydrogens (tertiary/aromatic N) is 2. The van der Waals surface area contributed by atoms with Gasteiger partial charge in [-0.2, -0.15) is 0 Å². The van der Waals surface area contributed by atoms with Gasteiger partial charge in [0.2, 0.25) is 5.91 Å². The molecule has 0 spiro atoms. The fraction of sp³-hybridized carbons (Fsp3) is 0.368. The lowest BCUT2D eigenvalue weighted by atomic mass is 10.1. The molecule has 5 heteroatoms. The van der Waals surface area contributed by atoms with Crippen molar-refractivity contribution in [2.24, 2.45) is 0 Å². The Morgan fingerprint density at radius 1 is 1.29 bits per heavy atom. The lowest BCUT2D eigenvalue weighted by Gasteiger charge is -2.25. The van der Waals surface area contributed by atoms with Crippen LogP contribution in [0.25, 0.3) is 0 Å². The van der Waals surface area contributed by atoms with Gasteiger partial charge < -0.3 is 15.0 Å². The quantitative estimate of drug-likeness (QED) is 0.809. The molecular weight excluding hydrogens is 302 g/mol. The molecule has 0 aliphatic rings. The zero-order valence-electron chi connectivity index (χ0n) is 14.5. The Morgan fingerprint density at radius 2 is 2.12 bits per heavy atom. The standard InChI is InChI=1S/C19H25N3O2/c1-22(2)18(16-7-4-8-17(12-16)24-3)14-21-19(23)10-9-15-6-5-11-20-13-15/h4-8,11-13,18H,9-10,14H2,1-3H3,(H,21,23). The number of benzene rings is 1. The number of ether oxygens (including phenoxy) is 1. The summed E-state index contributed by atoms with van der Waals surface area (Å²) in [4.78, 5) is 18.3. The lowest BCUT2D eigenvalue weighted by Crippen LogP contribution is -2.34. The molecule has 1 atom stereocenters. The summed E-state index contributed by atoms with van der Waals surface area (Å²) in [5, 5.41) is 3.03. The molecule has 2 aromatic rings. The van der Waals surface area contributed by atoms with E-state index in [1.807, 2.05) is 44.4 Å². The molecule has 1 amide bonds. The third kappa shape index (κ3) is 5.35. The predicted octanol–water partition coefficient (Wildman–Crippen LogP) is 2.44. The van der Waals surface area contributed by atoms with Gasteiger partial charge in [-0.1, -0.05) is 18.2 Å². The highest BCUT2D eigenvalue weighted by Gasteiger charge is 2.16. The largest absolute Gasteiger partial charge is 0.497 e. The van der Waals surface area contributed by atoms with Crippen LogP contribution in [0.1, 0.15) is 23.6 Å². The molecule has 1 heterocycles. The summed E-state index contributed by atoms with van der Waals surface area (Å²) in [6.45, 7) is 0.562. The van der Waals surface area contributed by atoms with Crippen LogP contribution in [0.3, 0.4) is 0 Å². The van der Waals surface area contributed by atoms with Crippen LogP contribution in [0.15, 0.2) is 48.8 Å². The first kappa shape index (κ1) is 17.9. The second kappa shape index (κ2) is 9.03. The van der Waals surface area contributed by atoms with E-state index in [2.05, 4.69) is 21.3 Å². The molecule has 0 radical (unpaired) electrons. The molecule has 0 saturated heterocycles. The fourth-order valence-corrected chi connectivity index (χ4v) is 2.55. The molecule has 128 valence electrons. The number of methoxy groups -OCH3 is 1. The van der Waals surface area contributed by atoms with Crippen LogP contribution in [-0.2, 0) is 11.2 Å². The Morgan fingerprint density at radius 3 is 2.79 bits per heavy atom. The van der Waals surface area contributed by atoms with Crippen molar-refractivity contribution in [2.75, 3.05) is 27.7 Å². The highest BCUT2D eigenvalue weighted by atomic mass is 16.5. The molecule has 0 aliphatic carbocycles. The number of carbonyl (C=O) groups is 1. The van der Waals surface area contributed by atoms with Gasteiger partial charge >= 0.3 is 0 Å². The third-order valence-electron chi connectivity index (χ3n) is 3.96. The van der Waals surface area contributed by atoms with Crippen LogP contribution in [-0.4, -0.2) is 43.5 Å². The van der Waals surface area contributed by atoms with Gasteiger partial charge in [0.1, 0.15) is 5.75 Å². The minimum Gasteiger partial charge on any atom is -0.497 e. The number of aryl methyl sites for hydroxylation is 1. The van der Waals surface area contributed by atoms with Crippen molar-refractivity contribution >= 4 is 5.91 Å². The maximum absolute atomic E-state index is 12.1. The molecular formula is C19H25N3O2. The van der Waals surface area contributed by atoms with Gasteiger partial charge in [0.15, 0.2) is 0 Å². The smallest absolute Gasteiger partial charge is 0.220 e. The van der Waals surface area contributed by atoms with Crippen LogP contribution >= 0.6 is 0 Å². The van der Waals surface area contributed by atoms with Crippen molar-refractivity contribution in [1.82, 2.24) is 15.2 Å². The topological polar surface area (TPSA) is 54.5 Å². The Balaban J connectivity index is 1.90. The third-order valence-corrected chi connectivity index (χ3v) is 3.96. The van der Waals surface area contributed by atoms with Crippen LogP contribution in [0.2, 0.25) is 0 Å². The number of hydrogen-bond donors (Lipinski definition) is 1. The Kier molecular flexibility index (Phi) is 6.75. The lowest BCUT2D eigenvalue weighted by molar-refractivity contribution is -0.121. The summed E-state index contributed by atoms with van der Waals surface area (Å²) in [6.07, 6.45) is 4.70. The van der Waals surface area contributed by atoms with E-state index in [0.29, 0.717) is 19.4 Å². The summed E-state index contributed by atoms with van der Waals surface area (Å²) in [6, 6.07) is 11.9. The average Bonchev–Trinajstić information content (AvgIpc) is 2.61. The van der Waals surface area contributed by atoms with Gasteiger partial charge in [-0.05, 0) is 49.8 Å². The van der Waals surface area contributed by atoms with Gasteiger partial charge in [0.25, 0.3) is 0 Å². The van der Waals surface area contributed by atoms with Crippen LogP contribution in [0.4, 0.5) is 0 Å². The normalized spacial score (nSPS) is 12.0. The van der Waals surface area contributed by atoms with Crippen molar-refractivity contribution in [1.29, 1.82) is 0 Å². The molecule has 1 aromatic heterocycles. The van der Waals surface area contributed by atoms with Gasteiger partial charge in [-0.15, -0.1) is 0 Å². The number of aromatic nitrogens is 1. The second-order valence-corrected chi connectivity index (χ2v) is 5.92. The number of likely N-dealkylation sites (N-methyl/N-ethyl adjacent to an activating group) is 1. The molecule has 0 aliphatic heterocycles. The summed E-state index contributed by atoms with van der Waals surface area (Å²) in [5.41, 5.74) is 2.19. The maximum atomic E-state index is 12.1. The Hall–Kier alpha value is -2.40. The first-order valence-electron chi connectivity index (χ1n) is 8.06. The number of pyridine rings is 1. The van der Waals surface area contributed by atoms with Gasteiger partial charge in [0.05, 0.1) is 13.2 Å². The second-order valence-electron chi connectivity index (χ2n) is 5.92. The Labute approximate surface area is 143 Å². The monoisotopic (exact) mass is 327 g/mol. The van der Waals surface area contributed by atoms with E-state index < -0.39 is 0 Å². The molecule has 5 nitrogen and oxygen atoms in total. The minimum atomic E-state index is 0.0496. The maximum Gasteiger partial charge on any atom is 0.220 e. The van der Waals surface area contributed by atoms with Crippen molar-refractivity contribution < 1.29 is 9.53 Å². The minimum absolute atomic E-state index is 0.0496. The number of hydrogen-bond acceptors (Lipinski definition) is 4. The number of carbonyl (C=O) groups excluding carboxylic acids is 1. The fourth-order valence-electron chi connectivity index (χ4n) is 2.55. The first-order chi connectivity index (χ1) is 11.6. The van der Waals surface area contributed by atoms with Crippen LogP contribution in [0, 0.1) is 0 Å². The molecule has 1 aromatic carbocycles. The van der Waals surface area contributed by atoms with E-state index in [4.69, 9.17) is 4.74 Å². The molecule has 1 unspecified atom stereocenters. The van der Waals surface area contributed by atoms with Crippen molar-refractivity contribution in [2.45, 2.75) is 18.9 Å². The average molecular weight is 327 g/mol. The zero-order valence-corrected chi connectivity index (χ0v) is 14.5. The SMILES string of the molecule is COc1cccc(C(CNC(=O)CCc2cccnc2)N(C)C)c1. The van der Waals surface area contributed by atoms with E-state index >= 15 is 0 Å². The summed E-state index contributed by atoms with van der Waals surface area (Å²) < 4.78 is 5.29. The molecule has 24 heavy (non-hydrogen) atoms. The highest BCUT2D eigenvalue weighted by Crippen LogP contribution is 2.22. The molecule has 0 fully saturated rings. The summed E-state index contributed by atoms with van der Waals surface area (Å²) in [7, 11) is 5.67. The van der Waals surface area contributed by atoms with Gasteiger partial charge in [0, 0.05) is 25.4 Å². The predicted molar refractivity (Wildman–Crippen MR) is 95.0 cm³/mol. The summed E-state index contributed by atoms with van der Waals surface area (Å²) >= 11 is 0. The van der Waals surface area contributed by atoms with Crippen molar-refractivity contribution in [3.05, 3.63) is 59.9 Å². The van der Waals surface area contributed by atoms with E-state index in [1.165, 1.54) is 0 Å². The van der Waals surface area contributed by atoms with E-state index in [9.17, 15) is 4.79 Å². The molecule has 2 rings (SSSR count). The van der Waals surface area contributed by atoms with E-state index in [-0.39, 0.29) is 11.9 Å². The highest BCUT2D eigenvalue weighted by molar-refractivity contribution is 5.76. The van der Waals surface area contributed by atoms with Crippen LogP contribution < -0.4 is 10.1 Å². The van der Waals surface area contributed by atoms with Gasteiger partial charge in [-0.3, -0.25) is 9.78 Å². The van der Waals surface area contributed by atoms with Gasteiger partial charge in [-0.25, -0.2) is 0 Å². The van der Waals surface area contributed by atoms with Crippen LogP contribution in [0.5, 0.6) is 5.75 Å². The summed E-state index contributed by atoms with van der Waals surface area (Å²) in [5.74, 6) is 0.871. The first-order valence-corrected chi connectivity index (χ1v) is 8.06. The molecule has 1 N–H and O–H groups in total. The number of amides is 1. The van der Waals surface area contributed by atoms with Crippen molar-refractivity contribution in [3.63, 3.8) is 0 Å². The number of nitrogens with one attached hydrogen (secondary N) is 1. The molecule has 0 saturated carbocycles. The van der Waals surface area contributed by atoms with E-state index in [0.717, 1.165) is 16.9 Å². The van der Waals surface area contributed by atoms with E-state index in [1.54, 1.807) is 19.5 Å². The Bertz CT molecular complexity index is 644. The molecule has 0 bridgehead atoms.